The molecule has 0 aromatic carbocycles. The van der Waals surface area contributed by atoms with Crippen LogP contribution in [0.25, 0.3) is 0 Å². The average molecular weight is 229 g/mol. The molecule has 2 atom stereocenters. The molecule has 0 heterocycles. The van der Waals surface area contributed by atoms with Crippen molar-refractivity contribution in [3.8, 4) is 0 Å². The molecule has 0 aromatic rings. The number of nitrogens with one attached hydrogen (secondary N) is 1. The molecule has 94 valence electrons. The van der Waals surface area contributed by atoms with E-state index in [9.17, 15) is 4.79 Å². The second kappa shape index (κ2) is 5.64. The van der Waals surface area contributed by atoms with E-state index in [1.54, 1.807) is 0 Å². The summed E-state index contributed by atoms with van der Waals surface area (Å²) < 4.78 is 4.92. The summed E-state index contributed by atoms with van der Waals surface area (Å²) in [6.07, 6.45) is 4.51. The Morgan fingerprint density at radius 3 is 2.81 bits per heavy atom. The van der Waals surface area contributed by atoms with Crippen molar-refractivity contribution in [2.45, 2.75) is 51.6 Å². The van der Waals surface area contributed by atoms with E-state index in [1.807, 2.05) is 0 Å². The molecule has 0 bridgehead atoms. The molecule has 1 fully saturated rings. The van der Waals surface area contributed by atoms with E-state index in [0.29, 0.717) is 11.5 Å². The summed E-state index contributed by atoms with van der Waals surface area (Å²) in [6, 6.07) is -0.274. The lowest BCUT2D eigenvalue weighted by Crippen LogP contribution is -2.48. The van der Waals surface area contributed by atoms with Gasteiger partial charge in [0.05, 0.1) is 6.61 Å². The predicted molar refractivity (Wildman–Crippen MR) is 62.5 cm³/mol. The Hall–Kier alpha value is -0.610. The summed E-state index contributed by atoms with van der Waals surface area (Å²) in [5.41, 5.74) is 0.325. The van der Waals surface area contributed by atoms with Gasteiger partial charge < -0.3 is 9.84 Å². The highest BCUT2D eigenvalue weighted by Crippen LogP contribution is 2.35. The van der Waals surface area contributed by atoms with E-state index in [2.05, 4.69) is 19.2 Å². The molecule has 4 heteroatoms. The lowest BCUT2D eigenvalue weighted by atomic mass is 9.75. The Morgan fingerprint density at radius 2 is 2.31 bits per heavy atom. The second-order valence-corrected chi connectivity index (χ2v) is 5.47. The Bertz CT molecular complexity index is 240. The Labute approximate surface area is 97.4 Å². The number of methoxy groups -OCH3 is 1. The fourth-order valence-corrected chi connectivity index (χ4v) is 2.48. The van der Waals surface area contributed by atoms with Gasteiger partial charge in [-0.3, -0.25) is 10.1 Å². The molecular weight excluding hydrogens is 206 g/mol. The SMILES string of the molecule is COCC(NC1CCCC(C)(C)C1)C(=O)O. The van der Waals surface area contributed by atoms with E-state index in [0.717, 1.165) is 12.8 Å². The fraction of sp³-hybridized carbons (Fsp3) is 0.917. The zero-order valence-corrected chi connectivity index (χ0v) is 10.5. The third-order valence-corrected chi connectivity index (χ3v) is 3.27. The van der Waals surface area contributed by atoms with Crippen molar-refractivity contribution in [1.29, 1.82) is 0 Å². The van der Waals surface area contributed by atoms with E-state index in [-0.39, 0.29) is 6.61 Å². The van der Waals surface area contributed by atoms with Gasteiger partial charge in [0.15, 0.2) is 0 Å². The lowest BCUT2D eigenvalue weighted by Gasteiger charge is -2.36. The van der Waals surface area contributed by atoms with Gasteiger partial charge in [0.1, 0.15) is 6.04 Å². The Kier molecular flexibility index (Phi) is 4.74. The molecule has 4 nitrogen and oxygen atoms in total. The van der Waals surface area contributed by atoms with Gasteiger partial charge in [-0.2, -0.15) is 0 Å². The Morgan fingerprint density at radius 1 is 1.62 bits per heavy atom. The molecular formula is C12H23NO3. The minimum atomic E-state index is -0.828. The number of carboxylic acid groups (broad SMARTS) is 1. The number of carbonyl (C=O) groups is 1. The van der Waals surface area contributed by atoms with Crippen LogP contribution in [0.3, 0.4) is 0 Å². The monoisotopic (exact) mass is 229 g/mol. The van der Waals surface area contributed by atoms with Gasteiger partial charge >= 0.3 is 5.97 Å². The molecule has 0 aliphatic heterocycles. The number of rotatable bonds is 5. The highest BCUT2D eigenvalue weighted by molar-refractivity contribution is 5.73. The summed E-state index contributed by atoms with van der Waals surface area (Å²) in [5, 5.41) is 12.2. The zero-order chi connectivity index (χ0) is 12.2. The number of hydrogen-bond acceptors (Lipinski definition) is 3. The third-order valence-electron chi connectivity index (χ3n) is 3.27. The van der Waals surface area contributed by atoms with Crippen LogP contribution < -0.4 is 5.32 Å². The molecule has 0 radical (unpaired) electrons. The van der Waals surface area contributed by atoms with Crippen LogP contribution in [-0.2, 0) is 9.53 Å². The van der Waals surface area contributed by atoms with Crippen LogP contribution in [-0.4, -0.2) is 36.9 Å². The van der Waals surface area contributed by atoms with Gasteiger partial charge in [-0.25, -0.2) is 0 Å². The Balaban J connectivity index is 2.48. The van der Waals surface area contributed by atoms with E-state index in [4.69, 9.17) is 9.84 Å². The molecule has 2 unspecified atom stereocenters. The number of hydrogen-bond donors (Lipinski definition) is 2. The van der Waals surface area contributed by atoms with Crippen LogP contribution in [0.2, 0.25) is 0 Å². The van der Waals surface area contributed by atoms with Crippen molar-refractivity contribution in [1.82, 2.24) is 5.32 Å². The van der Waals surface area contributed by atoms with Crippen molar-refractivity contribution in [3.05, 3.63) is 0 Å². The quantitative estimate of drug-likeness (QED) is 0.752. The largest absolute Gasteiger partial charge is 0.480 e. The lowest BCUT2D eigenvalue weighted by molar-refractivity contribution is -0.141. The molecule has 1 aliphatic rings. The van der Waals surface area contributed by atoms with Gasteiger partial charge in [0.25, 0.3) is 0 Å². The maximum absolute atomic E-state index is 11.0. The van der Waals surface area contributed by atoms with Crippen LogP contribution in [0.5, 0.6) is 0 Å². The average Bonchev–Trinajstić information content (AvgIpc) is 2.15. The highest BCUT2D eigenvalue weighted by atomic mass is 16.5. The number of aliphatic carboxylic acids is 1. The minimum Gasteiger partial charge on any atom is -0.480 e. The summed E-state index contributed by atoms with van der Waals surface area (Å²) >= 11 is 0. The summed E-state index contributed by atoms with van der Waals surface area (Å²) in [4.78, 5) is 11.0. The standard InChI is InChI=1S/C12H23NO3/c1-12(2)6-4-5-9(7-12)13-10(8-16-3)11(14)15/h9-10,13H,4-8H2,1-3H3,(H,14,15). The molecule has 1 aliphatic carbocycles. The first kappa shape index (κ1) is 13.5. The van der Waals surface area contributed by atoms with Crippen molar-refractivity contribution in [2.24, 2.45) is 5.41 Å². The fourth-order valence-electron chi connectivity index (χ4n) is 2.48. The van der Waals surface area contributed by atoms with Gasteiger partial charge in [-0.15, -0.1) is 0 Å². The van der Waals surface area contributed by atoms with E-state index >= 15 is 0 Å². The van der Waals surface area contributed by atoms with Gasteiger partial charge in [-0.05, 0) is 24.7 Å². The maximum Gasteiger partial charge on any atom is 0.323 e. The first-order valence-corrected chi connectivity index (χ1v) is 5.92. The van der Waals surface area contributed by atoms with Crippen LogP contribution >= 0.6 is 0 Å². The molecule has 0 amide bonds. The summed E-state index contributed by atoms with van der Waals surface area (Å²) in [5.74, 6) is -0.828. The third kappa shape index (κ3) is 4.10. The molecule has 1 saturated carbocycles. The van der Waals surface area contributed by atoms with Gasteiger partial charge in [0, 0.05) is 13.2 Å². The van der Waals surface area contributed by atoms with Crippen LogP contribution in [0.1, 0.15) is 39.5 Å². The topological polar surface area (TPSA) is 58.6 Å². The molecule has 16 heavy (non-hydrogen) atoms. The summed E-state index contributed by atoms with van der Waals surface area (Å²) in [6.45, 7) is 4.71. The van der Waals surface area contributed by atoms with Gasteiger partial charge in [0.2, 0.25) is 0 Å². The molecule has 1 rings (SSSR count). The smallest absolute Gasteiger partial charge is 0.323 e. The zero-order valence-electron chi connectivity index (χ0n) is 10.5. The second-order valence-electron chi connectivity index (χ2n) is 5.47. The normalized spacial score (nSPS) is 26.3. The van der Waals surface area contributed by atoms with Crippen LogP contribution in [0, 0.1) is 5.41 Å². The van der Waals surface area contributed by atoms with E-state index in [1.165, 1.54) is 20.0 Å². The molecule has 0 saturated heterocycles. The van der Waals surface area contributed by atoms with Crippen molar-refractivity contribution >= 4 is 5.97 Å². The number of ether oxygens (including phenoxy) is 1. The predicted octanol–water partition coefficient (Wildman–Crippen LogP) is 1.64. The molecule has 0 aromatic heterocycles. The first-order valence-electron chi connectivity index (χ1n) is 5.92. The van der Waals surface area contributed by atoms with E-state index < -0.39 is 12.0 Å². The maximum atomic E-state index is 11.0. The van der Waals surface area contributed by atoms with Gasteiger partial charge in [-0.1, -0.05) is 20.3 Å². The molecule has 0 spiro atoms. The van der Waals surface area contributed by atoms with Crippen molar-refractivity contribution in [2.75, 3.05) is 13.7 Å². The van der Waals surface area contributed by atoms with Crippen molar-refractivity contribution < 1.29 is 14.6 Å². The minimum absolute atomic E-state index is 0.228. The van der Waals surface area contributed by atoms with Crippen molar-refractivity contribution in [3.63, 3.8) is 0 Å². The highest BCUT2D eigenvalue weighted by Gasteiger charge is 2.30. The van der Waals surface area contributed by atoms with Crippen LogP contribution in [0.4, 0.5) is 0 Å². The van der Waals surface area contributed by atoms with Crippen LogP contribution in [0.15, 0.2) is 0 Å². The first-order chi connectivity index (χ1) is 7.44. The summed E-state index contributed by atoms with van der Waals surface area (Å²) in [7, 11) is 1.53. The number of carboxylic acids is 1. The molecule has 2 N–H and O–H groups in total.